The van der Waals surface area contributed by atoms with Crippen LogP contribution in [0.5, 0.6) is 0 Å². The molecule has 1 heterocycles. The molecule has 1 atom stereocenters. The van der Waals surface area contributed by atoms with Gasteiger partial charge in [0.1, 0.15) is 6.10 Å². The summed E-state index contributed by atoms with van der Waals surface area (Å²) in [6.45, 7) is 1.86. The Morgan fingerprint density at radius 2 is 1.83 bits per heavy atom. The highest BCUT2D eigenvalue weighted by atomic mass is 32.2. The Hall–Kier alpha value is -2.33. The number of esters is 1. The van der Waals surface area contributed by atoms with Crippen LogP contribution in [0.1, 0.15) is 18.7 Å². The first-order valence-corrected chi connectivity index (χ1v) is 8.43. The average Bonchev–Trinajstić information content (AvgIpc) is 2.60. The van der Waals surface area contributed by atoms with E-state index in [4.69, 9.17) is 4.74 Å². The van der Waals surface area contributed by atoms with Crippen molar-refractivity contribution in [2.45, 2.75) is 17.9 Å². The Morgan fingerprint density at radius 3 is 2.65 bits per heavy atom. The average molecular weight is 323 g/mol. The molecular weight excluding hydrogens is 306 g/mol. The monoisotopic (exact) mass is 323 g/mol. The predicted octanol–water partition coefficient (Wildman–Crippen LogP) is 4.63. The third kappa shape index (κ3) is 3.90. The van der Waals surface area contributed by atoms with E-state index in [0.717, 1.165) is 21.4 Å². The van der Waals surface area contributed by atoms with Gasteiger partial charge in [0, 0.05) is 16.5 Å². The number of rotatable bonds is 5. The first kappa shape index (κ1) is 15.6. The van der Waals surface area contributed by atoms with Crippen LogP contribution in [0.4, 0.5) is 0 Å². The minimum Gasteiger partial charge on any atom is -0.455 e. The summed E-state index contributed by atoms with van der Waals surface area (Å²) in [5.74, 6) is 0.0557. The van der Waals surface area contributed by atoms with Crippen molar-refractivity contribution in [1.82, 2.24) is 4.98 Å². The van der Waals surface area contributed by atoms with Gasteiger partial charge in [-0.1, -0.05) is 42.5 Å². The molecule has 0 aliphatic carbocycles. The lowest BCUT2D eigenvalue weighted by molar-refractivity contribution is -0.145. The van der Waals surface area contributed by atoms with Gasteiger partial charge in [-0.2, -0.15) is 0 Å². The standard InChI is InChI=1S/C19H17NO2S/c1-14(19-17-10-6-5-7-15(17)11-12-20-19)22-18(21)13-23-16-8-3-2-4-9-16/h2-12,14H,13H2,1H3. The number of hydrogen-bond donors (Lipinski definition) is 0. The summed E-state index contributed by atoms with van der Waals surface area (Å²) in [5, 5.41) is 2.12. The van der Waals surface area contributed by atoms with Crippen LogP contribution in [-0.2, 0) is 9.53 Å². The van der Waals surface area contributed by atoms with Crippen molar-refractivity contribution in [2.24, 2.45) is 0 Å². The van der Waals surface area contributed by atoms with Gasteiger partial charge in [-0.15, -0.1) is 11.8 Å². The number of pyridine rings is 1. The molecule has 0 bridgehead atoms. The van der Waals surface area contributed by atoms with Gasteiger partial charge in [-0.05, 0) is 30.5 Å². The molecule has 0 aliphatic rings. The molecule has 0 N–H and O–H groups in total. The molecule has 1 aromatic heterocycles. The third-order valence-electron chi connectivity index (χ3n) is 3.50. The maximum absolute atomic E-state index is 12.1. The van der Waals surface area contributed by atoms with Crippen molar-refractivity contribution in [3.63, 3.8) is 0 Å². The fraction of sp³-hybridized carbons (Fsp3) is 0.158. The molecule has 1 unspecified atom stereocenters. The molecule has 2 aromatic carbocycles. The molecule has 4 heteroatoms. The van der Waals surface area contributed by atoms with E-state index in [1.807, 2.05) is 67.6 Å². The lowest BCUT2D eigenvalue weighted by Crippen LogP contribution is -2.12. The molecule has 0 radical (unpaired) electrons. The van der Waals surface area contributed by atoms with Gasteiger partial charge in [0.05, 0.1) is 11.4 Å². The van der Waals surface area contributed by atoms with Gasteiger partial charge in [-0.3, -0.25) is 9.78 Å². The van der Waals surface area contributed by atoms with E-state index in [0.29, 0.717) is 5.75 Å². The Kier molecular flexibility index (Phi) is 4.93. The van der Waals surface area contributed by atoms with E-state index in [-0.39, 0.29) is 12.1 Å². The predicted molar refractivity (Wildman–Crippen MR) is 93.4 cm³/mol. The van der Waals surface area contributed by atoms with Crippen LogP contribution in [0.3, 0.4) is 0 Å². The molecule has 116 valence electrons. The molecule has 0 saturated heterocycles. The molecule has 0 aliphatic heterocycles. The fourth-order valence-corrected chi connectivity index (χ4v) is 3.12. The second-order valence-electron chi connectivity index (χ2n) is 5.15. The number of carbonyl (C=O) groups is 1. The van der Waals surface area contributed by atoms with Crippen molar-refractivity contribution in [3.05, 3.63) is 72.6 Å². The van der Waals surface area contributed by atoms with Gasteiger partial charge < -0.3 is 4.74 Å². The highest BCUT2D eigenvalue weighted by molar-refractivity contribution is 8.00. The Morgan fingerprint density at radius 1 is 1.09 bits per heavy atom. The van der Waals surface area contributed by atoms with Gasteiger partial charge in [0.15, 0.2) is 0 Å². The molecule has 3 aromatic rings. The molecule has 3 nitrogen and oxygen atoms in total. The number of hydrogen-bond acceptors (Lipinski definition) is 4. The zero-order valence-electron chi connectivity index (χ0n) is 12.8. The second kappa shape index (κ2) is 7.29. The summed E-state index contributed by atoms with van der Waals surface area (Å²) >= 11 is 1.47. The number of aromatic nitrogens is 1. The van der Waals surface area contributed by atoms with Crippen LogP contribution in [0.15, 0.2) is 71.8 Å². The first-order chi connectivity index (χ1) is 11.2. The molecule has 0 saturated carbocycles. The molecule has 23 heavy (non-hydrogen) atoms. The van der Waals surface area contributed by atoms with Gasteiger partial charge >= 0.3 is 5.97 Å². The van der Waals surface area contributed by atoms with E-state index in [9.17, 15) is 4.79 Å². The van der Waals surface area contributed by atoms with Crippen molar-refractivity contribution in [3.8, 4) is 0 Å². The quantitative estimate of drug-likeness (QED) is 0.507. The zero-order valence-corrected chi connectivity index (χ0v) is 13.6. The topological polar surface area (TPSA) is 39.2 Å². The van der Waals surface area contributed by atoms with E-state index >= 15 is 0 Å². The van der Waals surface area contributed by atoms with Crippen LogP contribution < -0.4 is 0 Å². The number of thioether (sulfide) groups is 1. The van der Waals surface area contributed by atoms with Crippen molar-refractivity contribution >= 4 is 28.5 Å². The van der Waals surface area contributed by atoms with Gasteiger partial charge in [0.25, 0.3) is 0 Å². The Bertz CT molecular complexity index is 799. The largest absolute Gasteiger partial charge is 0.455 e. The first-order valence-electron chi connectivity index (χ1n) is 7.45. The summed E-state index contributed by atoms with van der Waals surface area (Å²) in [5.41, 5.74) is 0.793. The maximum Gasteiger partial charge on any atom is 0.316 e. The lowest BCUT2D eigenvalue weighted by atomic mass is 10.1. The molecule has 0 amide bonds. The molecule has 0 spiro atoms. The number of benzene rings is 2. The second-order valence-corrected chi connectivity index (χ2v) is 6.20. The number of carbonyl (C=O) groups excluding carboxylic acids is 1. The highest BCUT2D eigenvalue weighted by Gasteiger charge is 2.15. The zero-order chi connectivity index (χ0) is 16.1. The van der Waals surface area contributed by atoms with Gasteiger partial charge in [-0.25, -0.2) is 0 Å². The third-order valence-corrected chi connectivity index (χ3v) is 4.48. The molecular formula is C19H17NO2S. The molecule has 0 fully saturated rings. The highest BCUT2D eigenvalue weighted by Crippen LogP contribution is 2.25. The normalized spacial score (nSPS) is 12.0. The lowest BCUT2D eigenvalue weighted by Gasteiger charge is -2.14. The summed E-state index contributed by atoms with van der Waals surface area (Å²) in [4.78, 5) is 17.5. The van der Waals surface area contributed by atoms with Crippen LogP contribution in [0.2, 0.25) is 0 Å². The van der Waals surface area contributed by atoms with E-state index < -0.39 is 0 Å². The summed E-state index contributed by atoms with van der Waals surface area (Å²) in [6.07, 6.45) is 1.38. The van der Waals surface area contributed by atoms with E-state index in [2.05, 4.69) is 4.98 Å². The van der Waals surface area contributed by atoms with E-state index in [1.54, 1.807) is 6.20 Å². The summed E-state index contributed by atoms with van der Waals surface area (Å²) in [6, 6.07) is 19.8. The number of nitrogens with zero attached hydrogens (tertiary/aromatic N) is 1. The van der Waals surface area contributed by atoms with Crippen molar-refractivity contribution in [1.29, 1.82) is 0 Å². The van der Waals surface area contributed by atoms with E-state index in [1.165, 1.54) is 11.8 Å². The fourth-order valence-electron chi connectivity index (χ4n) is 2.41. The molecule has 3 rings (SSSR count). The number of ether oxygens (including phenoxy) is 1. The Balaban J connectivity index is 1.66. The smallest absolute Gasteiger partial charge is 0.316 e. The van der Waals surface area contributed by atoms with Crippen LogP contribution >= 0.6 is 11.8 Å². The van der Waals surface area contributed by atoms with Gasteiger partial charge in [0.2, 0.25) is 0 Å². The van der Waals surface area contributed by atoms with Crippen LogP contribution in [0.25, 0.3) is 10.8 Å². The van der Waals surface area contributed by atoms with Crippen LogP contribution in [0, 0.1) is 0 Å². The minimum absolute atomic E-state index is 0.235. The number of fused-ring (bicyclic) bond motifs is 1. The summed E-state index contributed by atoms with van der Waals surface area (Å²) < 4.78 is 5.54. The summed E-state index contributed by atoms with van der Waals surface area (Å²) in [7, 11) is 0. The van der Waals surface area contributed by atoms with Crippen molar-refractivity contribution in [2.75, 3.05) is 5.75 Å². The van der Waals surface area contributed by atoms with Crippen LogP contribution in [-0.4, -0.2) is 16.7 Å². The minimum atomic E-state index is -0.370. The SMILES string of the molecule is CC(OC(=O)CSc1ccccc1)c1nccc2ccccc12. The Labute approximate surface area is 139 Å². The van der Waals surface area contributed by atoms with Crippen molar-refractivity contribution < 1.29 is 9.53 Å². The maximum atomic E-state index is 12.1.